The fourth-order valence-corrected chi connectivity index (χ4v) is 1.64. The normalized spacial score (nSPS) is 29.2. The Morgan fingerprint density at radius 2 is 2.38 bits per heavy atom. The molecule has 0 bridgehead atoms. The number of rotatable bonds is 1. The van der Waals surface area contributed by atoms with Gasteiger partial charge in [0.2, 0.25) is 0 Å². The SMILES string of the molecule is CC1C(O)CCCN1n1ncnn1. The Bertz CT molecular complexity index is 262. The van der Waals surface area contributed by atoms with Crippen molar-refractivity contribution in [2.24, 2.45) is 0 Å². The number of aliphatic hydroxyl groups excluding tert-OH is 1. The van der Waals surface area contributed by atoms with Crippen LogP contribution in [0.4, 0.5) is 0 Å². The number of aromatic nitrogens is 4. The number of hydrogen-bond acceptors (Lipinski definition) is 5. The lowest BCUT2D eigenvalue weighted by atomic mass is 10.0. The van der Waals surface area contributed by atoms with Gasteiger partial charge in [-0.15, -0.1) is 10.2 Å². The Kier molecular flexibility index (Phi) is 2.13. The van der Waals surface area contributed by atoms with Crippen LogP contribution in [0.5, 0.6) is 0 Å². The largest absolute Gasteiger partial charge is 0.391 e. The van der Waals surface area contributed by atoms with Gasteiger partial charge in [0.25, 0.3) is 0 Å². The molecule has 1 saturated heterocycles. The van der Waals surface area contributed by atoms with Crippen molar-refractivity contribution >= 4 is 0 Å². The highest BCUT2D eigenvalue weighted by Crippen LogP contribution is 2.14. The Labute approximate surface area is 76.1 Å². The first-order valence-corrected chi connectivity index (χ1v) is 4.47. The van der Waals surface area contributed by atoms with Gasteiger partial charge in [-0.3, -0.25) is 5.01 Å². The van der Waals surface area contributed by atoms with Gasteiger partial charge in [-0.25, -0.2) is 0 Å². The first-order chi connectivity index (χ1) is 6.29. The zero-order valence-corrected chi connectivity index (χ0v) is 7.54. The van der Waals surface area contributed by atoms with Crippen molar-refractivity contribution in [1.29, 1.82) is 0 Å². The summed E-state index contributed by atoms with van der Waals surface area (Å²) in [6, 6.07) is 0.0583. The molecule has 72 valence electrons. The van der Waals surface area contributed by atoms with Crippen molar-refractivity contribution in [2.75, 3.05) is 11.6 Å². The molecule has 2 unspecified atom stereocenters. The third-order valence-corrected chi connectivity index (χ3v) is 2.48. The van der Waals surface area contributed by atoms with E-state index in [1.54, 1.807) is 0 Å². The molecular weight excluding hydrogens is 170 g/mol. The molecule has 6 nitrogen and oxygen atoms in total. The van der Waals surface area contributed by atoms with Gasteiger partial charge in [-0.1, -0.05) is 4.91 Å². The molecule has 2 heterocycles. The summed E-state index contributed by atoms with van der Waals surface area (Å²) < 4.78 is 0. The van der Waals surface area contributed by atoms with Crippen LogP contribution in [-0.4, -0.2) is 44.1 Å². The van der Waals surface area contributed by atoms with Crippen molar-refractivity contribution in [2.45, 2.75) is 31.9 Å². The molecule has 0 aromatic carbocycles. The van der Waals surface area contributed by atoms with Crippen LogP contribution in [0.1, 0.15) is 19.8 Å². The second-order valence-corrected chi connectivity index (χ2v) is 3.32. The van der Waals surface area contributed by atoms with Gasteiger partial charge in [0, 0.05) is 6.54 Å². The minimum atomic E-state index is -0.292. The summed E-state index contributed by atoms with van der Waals surface area (Å²) in [6.45, 7) is 2.84. The summed E-state index contributed by atoms with van der Waals surface area (Å²) in [5.41, 5.74) is 0. The Morgan fingerprint density at radius 1 is 1.54 bits per heavy atom. The van der Waals surface area contributed by atoms with Crippen LogP contribution >= 0.6 is 0 Å². The minimum Gasteiger partial charge on any atom is -0.391 e. The number of hydrogen-bond donors (Lipinski definition) is 1. The van der Waals surface area contributed by atoms with Crippen molar-refractivity contribution in [3.8, 4) is 0 Å². The van der Waals surface area contributed by atoms with Gasteiger partial charge in [0.05, 0.1) is 12.1 Å². The Balaban J connectivity index is 2.14. The summed E-state index contributed by atoms with van der Waals surface area (Å²) in [6.07, 6.45) is 2.92. The highest BCUT2D eigenvalue weighted by Gasteiger charge is 2.27. The van der Waals surface area contributed by atoms with Gasteiger partial charge < -0.3 is 5.11 Å². The van der Waals surface area contributed by atoms with E-state index >= 15 is 0 Å². The van der Waals surface area contributed by atoms with E-state index in [1.165, 1.54) is 11.2 Å². The monoisotopic (exact) mass is 183 g/mol. The molecule has 1 aromatic rings. The van der Waals surface area contributed by atoms with Crippen LogP contribution in [0.15, 0.2) is 6.33 Å². The maximum absolute atomic E-state index is 9.62. The summed E-state index contributed by atoms with van der Waals surface area (Å²) in [5.74, 6) is 0. The van der Waals surface area contributed by atoms with Gasteiger partial charge >= 0.3 is 0 Å². The number of piperidine rings is 1. The van der Waals surface area contributed by atoms with Crippen molar-refractivity contribution in [3.05, 3.63) is 6.33 Å². The highest BCUT2D eigenvalue weighted by molar-refractivity contribution is 4.95. The van der Waals surface area contributed by atoms with E-state index in [9.17, 15) is 5.11 Å². The molecule has 13 heavy (non-hydrogen) atoms. The summed E-state index contributed by atoms with van der Waals surface area (Å²) in [4.78, 5) is 1.45. The smallest absolute Gasteiger partial charge is 0.164 e. The molecule has 0 saturated carbocycles. The van der Waals surface area contributed by atoms with Crippen LogP contribution < -0.4 is 5.01 Å². The van der Waals surface area contributed by atoms with Gasteiger partial charge in [0.15, 0.2) is 6.33 Å². The number of nitrogens with zero attached hydrogens (tertiary/aromatic N) is 5. The maximum Gasteiger partial charge on any atom is 0.164 e. The minimum absolute atomic E-state index is 0.0583. The molecular formula is C7H13N5O. The first kappa shape index (κ1) is 8.43. The summed E-state index contributed by atoms with van der Waals surface area (Å²) in [5, 5.41) is 22.9. The highest BCUT2D eigenvalue weighted by atomic mass is 16.3. The lowest BCUT2D eigenvalue weighted by molar-refractivity contribution is 0.100. The van der Waals surface area contributed by atoms with Crippen molar-refractivity contribution < 1.29 is 5.11 Å². The maximum atomic E-state index is 9.62. The van der Waals surface area contributed by atoms with E-state index in [0.29, 0.717) is 0 Å². The fourth-order valence-electron chi connectivity index (χ4n) is 1.64. The molecule has 1 aliphatic rings. The zero-order valence-electron chi connectivity index (χ0n) is 7.54. The van der Waals surface area contributed by atoms with E-state index in [1.807, 2.05) is 11.9 Å². The summed E-state index contributed by atoms with van der Waals surface area (Å²) >= 11 is 0. The van der Waals surface area contributed by atoms with Crippen LogP contribution in [0.25, 0.3) is 0 Å². The standard InChI is InChI=1S/C7H13N5O/c1-6-7(13)3-2-4-11(6)12-9-5-8-10-12/h5-7,13H,2-4H2,1H3. The first-order valence-electron chi connectivity index (χ1n) is 4.47. The predicted octanol–water partition coefficient (Wildman–Crippen LogP) is -0.846. The second-order valence-electron chi connectivity index (χ2n) is 3.32. The van der Waals surface area contributed by atoms with E-state index in [-0.39, 0.29) is 12.1 Å². The Morgan fingerprint density at radius 3 is 3.08 bits per heavy atom. The van der Waals surface area contributed by atoms with E-state index in [2.05, 4.69) is 15.4 Å². The lowest BCUT2D eigenvalue weighted by Crippen LogP contribution is -2.53. The summed E-state index contributed by atoms with van der Waals surface area (Å²) in [7, 11) is 0. The van der Waals surface area contributed by atoms with Crippen molar-refractivity contribution in [1.82, 2.24) is 20.3 Å². The topological polar surface area (TPSA) is 67.1 Å². The van der Waals surface area contributed by atoms with Gasteiger partial charge in [-0.05, 0) is 25.0 Å². The zero-order chi connectivity index (χ0) is 9.26. The number of tetrazole rings is 1. The molecule has 1 aliphatic heterocycles. The molecule has 6 heteroatoms. The van der Waals surface area contributed by atoms with Crippen LogP contribution in [0.2, 0.25) is 0 Å². The van der Waals surface area contributed by atoms with Crippen LogP contribution in [0, 0.1) is 0 Å². The van der Waals surface area contributed by atoms with Gasteiger partial charge in [0.1, 0.15) is 0 Å². The molecule has 0 amide bonds. The predicted molar refractivity (Wildman–Crippen MR) is 45.6 cm³/mol. The van der Waals surface area contributed by atoms with Crippen LogP contribution in [-0.2, 0) is 0 Å². The molecule has 1 fully saturated rings. The molecule has 2 rings (SSSR count). The third-order valence-electron chi connectivity index (χ3n) is 2.48. The van der Waals surface area contributed by atoms with E-state index < -0.39 is 0 Å². The fraction of sp³-hybridized carbons (Fsp3) is 0.857. The molecule has 1 aromatic heterocycles. The lowest BCUT2D eigenvalue weighted by Gasteiger charge is -2.36. The molecule has 2 atom stereocenters. The molecule has 1 N–H and O–H groups in total. The van der Waals surface area contributed by atoms with E-state index in [0.717, 1.165) is 19.4 Å². The van der Waals surface area contributed by atoms with Crippen molar-refractivity contribution in [3.63, 3.8) is 0 Å². The average Bonchev–Trinajstić information content (AvgIpc) is 2.62. The average molecular weight is 183 g/mol. The molecule has 0 aliphatic carbocycles. The third kappa shape index (κ3) is 1.49. The van der Waals surface area contributed by atoms with E-state index in [4.69, 9.17) is 0 Å². The molecule has 0 radical (unpaired) electrons. The number of aliphatic hydroxyl groups is 1. The Hall–Kier alpha value is -1.17. The quantitative estimate of drug-likeness (QED) is 0.614. The second kappa shape index (κ2) is 3.29. The molecule has 0 spiro atoms. The van der Waals surface area contributed by atoms with Crippen LogP contribution in [0.3, 0.4) is 0 Å². The van der Waals surface area contributed by atoms with Gasteiger partial charge in [-0.2, -0.15) is 0 Å².